The summed E-state index contributed by atoms with van der Waals surface area (Å²) in [5, 5.41) is 9.60. The molecule has 110 valence electrons. The minimum Gasteiger partial charge on any atom is -0.505 e. The smallest absolute Gasteiger partial charge is 0.165 e. The zero-order valence-electron chi connectivity index (χ0n) is 11.1. The maximum atomic E-state index is 13.5. The number of phenols is 1. The number of aromatic nitrogens is 2. The van der Waals surface area contributed by atoms with Gasteiger partial charge in [-0.1, -0.05) is 24.4 Å². The van der Waals surface area contributed by atoms with E-state index < -0.39 is 11.6 Å². The van der Waals surface area contributed by atoms with E-state index in [1.54, 1.807) is 6.07 Å². The molecule has 0 atom stereocenters. The second-order valence-corrected chi connectivity index (χ2v) is 6.34. The Hall–Kier alpha value is -1.20. The van der Waals surface area contributed by atoms with Crippen molar-refractivity contribution in [2.45, 2.75) is 31.6 Å². The van der Waals surface area contributed by atoms with Crippen LogP contribution in [-0.2, 0) is 0 Å². The Morgan fingerprint density at radius 2 is 1.95 bits per heavy atom. The molecule has 1 heterocycles. The molecule has 1 aromatic carbocycles. The fourth-order valence-corrected chi connectivity index (χ4v) is 3.36. The minimum absolute atomic E-state index is 0.329. The summed E-state index contributed by atoms with van der Waals surface area (Å²) in [5.74, 6) is -0.347. The largest absolute Gasteiger partial charge is 0.505 e. The molecule has 0 bridgehead atoms. The average molecular weight is 372 g/mol. The number of benzene rings is 1. The van der Waals surface area contributed by atoms with E-state index in [0.29, 0.717) is 22.5 Å². The van der Waals surface area contributed by atoms with Crippen molar-refractivity contribution >= 4 is 27.5 Å². The van der Waals surface area contributed by atoms with Gasteiger partial charge in [0.1, 0.15) is 5.15 Å². The van der Waals surface area contributed by atoms with Gasteiger partial charge in [-0.05, 0) is 47.0 Å². The van der Waals surface area contributed by atoms with Gasteiger partial charge in [-0.2, -0.15) is 0 Å². The van der Waals surface area contributed by atoms with Crippen LogP contribution in [0.15, 0.2) is 22.7 Å². The molecule has 0 amide bonds. The van der Waals surface area contributed by atoms with Gasteiger partial charge < -0.3 is 5.11 Å². The van der Waals surface area contributed by atoms with E-state index in [9.17, 15) is 9.50 Å². The van der Waals surface area contributed by atoms with Crippen LogP contribution in [0.25, 0.3) is 11.4 Å². The van der Waals surface area contributed by atoms with Gasteiger partial charge >= 0.3 is 0 Å². The van der Waals surface area contributed by atoms with Gasteiger partial charge in [-0.15, -0.1) is 0 Å². The van der Waals surface area contributed by atoms with Crippen molar-refractivity contribution in [1.29, 1.82) is 0 Å². The van der Waals surface area contributed by atoms with Gasteiger partial charge in [0.15, 0.2) is 17.4 Å². The van der Waals surface area contributed by atoms with E-state index in [2.05, 4.69) is 25.9 Å². The lowest BCUT2D eigenvalue weighted by atomic mass is 10.0. The average Bonchev–Trinajstić information content (AvgIpc) is 2.98. The van der Waals surface area contributed by atoms with E-state index in [1.165, 1.54) is 25.0 Å². The molecule has 1 aliphatic carbocycles. The van der Waals surface area contributed by atoms with Crippen molar-refractivity contribution < 1.29 is 9.50 Å². The van der Waals surface area contributed by atoms with Crippen LogP contribution >= 0.6 is 27.5 Å². The zero-order valence-corrected chi connectivity index (χ0v) is 13.5. The monoisotopic (exact) mass is 370 g/mol. The number of rotatable bonds is 2. The molecule has 2 aromatic rings. The molecule has 3 rings (SSSR count). The van der Waals surface area contributed by atoms with Crippen molar-refractivity contribution in [2.24, 2.45) is 0 Å². The van der Waals surface area contributed by atoms with Crippen molar-refractivity contribution in [3.8, 4) is 17.1 Å². The van der Waals surface area contributed by atoms with Crippen LogP contribution in [0.4, 0.5) is 4.39 Å². The first-order valence-electron chi connectivity index (χ1n) is 6.78. The van der Waals surface area contributed by atoms with Crippen LogP contribution in [0.1, 0.15) is 37.3 Å². The van der Waals surface area contributed by atoms with E-state index in [4.69, 9.17) is 11.6 Å². The Labute approximate surface area is 135 Å². The van der Waals surface area contributed by atoms with Crippen LogP contribution in [0.2, 0.25) is 5.15 Å². The minimum atomic E-state index is -0.697. The summed E-state index contributed by atoms with van der Waals surface area (Å²) >= 11 is 9.63. The molecular formula is C15H13BrClFN2O. The summed E-state index contributed by atoms with van der Waals surface area (Å²) < 4.78 is 14.2. The van der Waals surface area contributed by atoms with Gasteiger partial charge in [0.25, 0.3) is 0 Å². The highest BCUT2D eigenvalue weighted by Crippen LogP contribution is 2.39. The predicted octanol–water partition coefficient (Wildman–Crippen LogP) is 5.06. The molecule has 1 N–H and O–H groups in total. The third-order valence-corrected chi connectivity index (χ3v) is 5.07. The Morgan fingerprint density at radius 3 is 2.62 bits per heavy atom. The first-order chi connectivity index (χ1) is 10.1. The lowest BCUT2D eigenvalue weighted by molar-refractivity contribution is 0.432. The molecule has 3 nitrogen and oxygen atoms in total. The highest BCUT2D eigenvalue weighted by molar-refractivity contribution is 9.10. The lowest BCUT2D eigenvalue weighted by Gasteiger charge is -2.13. The van der Waals surface area contributed by atoms with Crippen LogP contribution in [0.3, 0.4) is 0 Å². The van der Waals surface area contributed by atoms with Gasteiger partial charge in [-0.25, -0.2) is 14.4 Å². The topological polar surface area (TPSA) is 46.0 Å². The fourth-order valence-electron chi connectivity index (χ4n) is 2.68. The molecule has 1 fully saturated rings. The van der Waals surface area contributed by atoms with E-state index in [0.717, 1.165) is 23.0 Å². The van der Waals surface area contributed by atoms with Crippen molar-refractivity contribution in [1.82, 2.24) is 9.97 Å². The van der Waals surface area contributed by atoms with E-state index in [-0.39, 0.29) is 0 Å². The zero-order chi connectivity index (χ0) is 15.0. The molecule has 1 aliphatic rings. The normalized spacial score (nSPS) is 15.6. The lowest BCUT2D eigenvalue weighted by Crippen LogP contribution is -2.03. The second-order valence-electron chi connectivity index (χ2n) is 5.18. The molecule has 0 radical (unpaired) electrons. The third-order valence-electron chi connectivity index (χ3n) is 3.78. The summed E-state index contributed by atoms with van der Waals surface area (Å²) in [6.07, 6.45) is 4.52. The molecular weight excluding hydrogens is 359 g/mol. The maximum Gasteiger partial charge on any atom is 0.165 e. The fraction of sp³-hybridized carbons (Fsp3) is 0.333. The van der Waals surface area contributed by atoms with E-state index in [1.807, 2.05) is 0 Å². The van der Waals surface area contributed by atoms with Gasteiger partial charge in [0.05, 0.1) is 10.2 Å². The van der Waals surface area contributed by atoms with Gasteiger partial charge in [0, 0.05) is 11.5 Å². The first-order valence-corrected chi connectivity index (χ1v) is 7.95. The molecule has 0 unspecified atom stereocenters. The van der Waals surface area contributed by atoms with Crippen LogP contribution in [0.5, 0.6) is 5.75 Å². The van der Waals surface area contributed by atoms with Crippen LogP contribution in [-0.4, -0.2) is 15.1 Å². The standard InChI is InChI=1S/C15H13BrClFN2O/c16-12-13(8-3-1-2-4-8)19-15(20-14(12)17)9-5-6-11(21)10(18)7-9/h5-8,21H,1-4H2. The Balaban J connectivity index is 2.08. The number of hydrogen-bond acceptors (Lipinski definition) is 3. The molecule has 1 aromatic heterocycles. The SMILES string of the molecule is Oc1ccc(-c2nc(Cl)c(Br)c(C3CCCC3)n2)cc1F. The summed E-state index contributed by atoms with van der Waals surface area (Å²) in [6.45, 7) is 0. The number of aromatic hydroxyl groups is 1. The van der Waals surface area contributed by atoms with Gasteiger partial charge in [0.2, 0.25) is 0 Å². The summed E-state index contributed by atoms with van der Waals surface area (Å²) in [7, 11) is 0. The molecule has 0 spiro atoms. The highest BCUT2D eigenvalue weighted by Gasteiger charge is 2.24. The third kappa shape index (κ3) is 2.90. The first kappa shape index (κ1) is 14.7. The molecule has 0 aliphatic heterocycles. The number of phenolic OH excluding ortho intramolecular Hbond substituents is 1. The van der Waals surface area contributed by atoms with Crippen molar-refractivity contribution in [3.05, 3.63) is 39.3 Å². The molecule has 1 saturated carbocycles. The molecule has 21 heavy (non-hydrogen) atoms. The number of nitrogens with zero attached hydrogens (tertiary/aromatic N) is 2. The number of hydrogen-bond donors (Lipinski definition) is 1. The van der Waals surface area contributed by atoms with Crippen molar-refractivity contribution in [3.63, 3.8) is 0 Å². The summed E-state index contributed by atoms with van der Waals surface area (Å²) in [6, 6.07) is 4.09. The quantitative estimate of drug-likeness (QED) is 0.750. The van der Waals surface area contributed by atoms with Crippen LogP contribution < -0.4 is 0 Å². The second kappa shape index (κ2) is 5.89. The van der Waals surface area contributed by atoms with Crippen LogP contribution in [0, 0.1) is 5.82 Å². The van der Waals surface area contributed by atoms with Crippen molar-refractivity contribution in [2.75, 3.05) is 0 Å². The Morgan fingerprint density at radius 1 is 1.24 bits per heavy atom. The maximum absolute atomic E-state index is 13.5. The molecule has 0 saturated heterocycles. The number of halogens is 3. The Kier molecular flexibility index (Phi) is 4.13. The van der Waals surface area contributed by atoms with Gasteiger partial charge in [-0.3, -0.25) is 0 Å². The highest BCUT2D eigenvalue weighted by atomic mass is 79.9. The summed E-state index contributed by atoms with van der Waals surface area (Å²) in [5.41, 5.74) is 1.38. The Bertz CT molecular complexity index is 690. The van der Waals surface area contributed by atoms with E-state index >= 15 is 0 Å². The summed E-state index contributed by atoms with van der Waals surface area (Å²) in [4.78, 5) is 8.77. The molecule has 6 heteroatoms. The predicted molar refractivity (Wildman–Crippen MR) is 83.0 cm³/mol.